The Hall–Kier alpha value is -1.14. The van der Waals surface area contributed by atoms with E-state index in [0.29, 0.717) is 18.4 Å². The van der Waals surface area contributed by atoms with Crippen LogP contribution in [0.1, 0.15) is 25.7 Å². The SMILES string of the molecule is OC1CCN(c2nc(Cl)nc(N3CCCCC3)n2)C1. The second-order valence-corrected chi connectivity index (χ2v) is 5.48. The molecule has 0 radical (unpaired) electrons. The van der Waals surface area contributed by atoms with Gasteiger partial charge in [0.15, 0.2) is 0 Å². The molecule has 0 saturated carbocycles. The lowest BCUT2D eigenvalue weighted by Gasteiger charge is -2.27. The van der Waals surface area contributed by atoms with E-state index in [4.69, 9.17) is 11.6 Å². The van der Waals surface area contributed by atoms with Crippen LogP contribution in [-0.2, 0) is 0 Å². The standard InChI is InChI=1S/C12H18ClN5O/c13-10-14-11(17-5-2-1-3-6-17)16-12(15-10)18-7-4-9(19)8-18/h9,19H,1-8H2. The number of hydrogen-bond acceptors (Lipinski definition) is 6. The van der Waals surface area contributed by atoms with Crippen molar-refractivity contribution in [2.75, 3.05) is 36.0 Å². The van der Waals surface area contributed by atoms with Crippen molar-refractivity contribution in [3.63, 3.8) is 0 Å². The van der Waals surface area contributed by atoms with Crippen molar-refractivity contribution in [2.45, 2.75) is 31.8 Å². The maximum absolute atomic E-state index is 9.59. The number of halogens is 1. The molecule has 3 heterocycles. The number of aromatic nitrogens is 3. The summed E-state index contributed by atoms with van der Waals surface area (Å²) < 4.78 is 0. The summed E-state index contributed by atoms with van der Waals surface area (Å²) in [6.07, 6.45) is 4.05. The summed E-state index contributed by atoms with van der Waals surface area (Å²) in [5.41, 5.74) is 0. The summed E-state index contributed by atoms with van der Waals surface area (Å²) >= 11 is 6.01. The van der Waals surface area contributed by atoms with Crippen LogP contribution in [0.2, 0.25) is 5.28 Å². The van der Waals surface area contributed by atoms with Crippen molar-refractivity contribution in [3.05, 3.63) is 5.28 Å². The molecule has 3 rings (SSSR count). The van der Waals surface area contributed by atoms with Crippen LogP contribution >= 0.6 is 11.6 Å². The monoisotopic (exact) mass is 283 g/mol. The van der Waals surface area contributed by atoms with E-state index in [1.54, 1.807) is 0 Å². The van der Waals surface area contributed by atoms with Crippen LogP contribution in [0.5, 0.6) is 0 Å². The van der Waals surface area contributed by atoms with Gasteiger partial charge >= 0.3 is 0 Å². The van der Waals surface area contributed by atoms with E-state index >= 15 is 0 Å². The maximum atomic E-state index is 9.59. The molecule has 1 atom stereocenters. The van der Waals surface area contributed by atoms with E-state index in [9.17, 15) is 5.11 Å². The fraction of sp³-hybridized carbons (Fsp3) is 0.750. The number of piperidine rings is 1. The van der Waals surface area contributed by atoms with Gasteiger partial charge in [-0.05, 0) is 37.3 Å². The summed E-state index contributed by atoms with van der Waals surface area (Å²) in [6.45, 7) is 3.28. The molecule has 2 aliphatic heterocycles. The Bertz CT molecular complexity index is 429. The number of aliphatic hydroxyl groups is 1. The lowest BCUT2D eigenvalue weighted by molar-refractivity contribution is 0.198. The lowest BCUT2D eigenvalue weighted by Crippen LogP contribution is -2.32. The third kappa shape index (κ3) is 2.90. The van der Waals surface area contributed by atoms with Crippen molar-refractivity contribution in [3.8, 4) is 0 Å². The van der Waals surface area contributed by atoms with Gasteiger partial charge in [0.25, 0.3) is 0 Å². The molecule has 1 aromatic rings. The van der Waals surface area contributed by atoms with Crippen LogP contribution < -0.4 is 9.80 Å². The normalized spacial score (nSPS) is 24.0. The van der Waals surface area contributed by atoms with Crippen molar-refractivity contribution in [1.29, 1.82) is 0 Å². The van der Waals surface area contributed by atoms with Gasteiger partial charge in [0.1, 0.15) is 0 Å². The number of β-amino-alcohol motifs (C(OH)–C–C–N with tert-alkyl or cyclic N) is 1. The molecule has 1 aromatic heterocycles. The van der Waals surface area contributed by atoms with E-state index in [1.807, 2.05) is 4.90 Å². The highest BCUT2D eigenvalue weighted by Gasteiger charge is 2.24. The second kappa shape index (κ2) is 5.46. The molecule has 0 aromatic carbocycles. The Morgan fingerprint density at radius 1 is 0.947 bits per heavy atom. The maximum Gasteiger partial charge on any atom is 0.231 e. The van der Waals surface area contributed by atoms with Crippen LogP contribution in [0, 0.1) is 0 Å². The van der Waals surface area contributed by atoms with E-state index < -0.39 is 0 Å². The second-order valence-electron chi connectivity index (χ2n) is 5.14. The summed E-state index contributed by atoms with van der Waals surface area (Å²) in [4.78, 5) is 17.0. The van der Waals surface area contributed by atoms with E-state index in [-0.39, 0.29) is 11.4 Å². The number of hydrogen-bond donors (Lipinski definition) is 1. The Balaban J connectivity index is 1.83. The van der Waals surface area contributed by atoms with Gasteiger partial charge < -0.3 is 14.9 Å². The minimum atomic E-state index is -0.297. The highest BCUT2D eigenvalue weighted by atomic mass is 35.5. The predicted octanol–water partition coefficient (Wildman–Crippen LogP) is 1.09. The Kier molecular flexibility index (Phi) is 3.70. The topological polar surface area (TPSA) is 65.4 Å². The fourth-order valence-corrected chi connectivity index (χ4v) is 2.78. The van der Waals surface area contributed by atoms with Crippen molar-refractivity contribution < 1.29 is 5.11 Å². The number of rotatable bonds is 2. The van der Waals surface area contributed by atoms with Gasteiger partial charge in [0.05, 0.1) is 6.10 Å². The van der Waals surface area contributed by atoms with E-state index in [0.717, 1.165) is 26.1 Å². The first-order valence-corrected chi connectivity index (χ1v) is 7.20. The molecular formula is C12H18ClN5O. The molecule has 1 N–H and O–H groups in total. The molecule has 6 nitrogen and oxygen atoms in total. The smallest absolute Gasteiger partial charge is 0.231 e. The van der Waals surface area contributed by atoms with E-state index in [1.165, 1.54) is 19.3 Å². The van der Waals surface area contributed by atoms with Crippen molar-refractivity contribution in [2.24, 2.45) is 0 Å². The van der Waals surface area contributed by atoms with E-state index in [2.05, 4.69) is 19.9 Å². The van der Waals surface area contributed by atoms with Gasteiger partial charge in [-0.1, -0.05) is 0 Å². The first-order chi connectivity index (χ1) is 9.22. The Morgan fingerprint density at radius 3 is 2.26 bits per heavy atom. The third-order valence-corrected chi connectivity index (χ3v) is 3.84. The minimum Gasteiger partial charge on any atom is -0.391 e. The van der Waals surface area contributed by atoms with Gasteiger partial charge in [-0.25, -0.2) is 0 Å². The van der Waals surface area contributed by atoms with Crippen LogP contribution in [-0.4, -0.2) is 52.3 Å². The Morgan fingerprint density at radius 2 is 1.63 bits per heavy atom. The van der Waals surface area contributed by atoms with Crippen LogP contribution in [0.4, 0.5) is 11.9 Å². The number of nitrogens with zero attached hydrogens (tertiary/aromatic N) is 5. The summed E-state index contributed by atoms with van der Waals surface area (Å²) in [5, 5.41) is 9.82. The van der Waals surface area contributed by atoms with Crippen LogP contribution in [0.3, 0.4) is 0 Å². The van der Waals surface area contributed by atoms with Gasteiger partial charge in [-0.2, -0.15) is 15.0 Å². The largest absolute Gasteiger partial charge is 0.391 e. The Labute approximate surface area is 117 Å². The molecule has 7 heteroatoms. The molecule has 104 valence electrons. The summed E-state index contributed by atoms with van der Waals surface area (Å²) in [6, 6.07) is 0. The highest BCUT2D eigenvalue weighted by Crippen LogP contribution is 2.22. The zero-order valence-corrected chi connectivity index (χ0v) is 11.6. The molecule has 2 fully saturated rings. The molecule has 19 heavy (non-hydrogen) atoms. The lowest BCUT2D eigenvalue weighted by atomic mass is 10.1. The van der Waals surface area contributed by atoms with Crippen LogP contribution in [0.15, 0.2) is 0 Å². The summed E-state index contributed by atoms with van der Waals surface area (Å²) in [5.74, 6) is 1.24. The zero-order valence-electron chi connectivity index (χ0n) is 10.8. The molecule has 0 bridgehead atoms. The molecule has 0 aliphatic carbocycles. The van der Waals surface area contributed by atoms with Crippen molar-refractivity contribution >= 4 is 23.5 Å². The minimum absolute atomic E-state index is 0.229. The fourth-order valence-electron chi connectivity index (χ4n) is 2.63. The number of aliphatic hydroxyl groups excluding tert-OH is 1. The number of anilines is 2. The average molecular weight is 284 g/mol. The van der Waals surface area contributed by atoms with Gasteiger partial charge in [-0.15, -0.1) is 0 Å². The summed E-state index contributed by atoms with van der Waals surface area (Å²) in [7, 11) is 0. The van der Waals surface area contributed by atoms with Crippen LogP contribution in [0.25, 0.3) is 0 Å². The first-order valence-electron chi connectivity index (χ1n) is 6.82. The predicted molar refractivity (Wildman–Crippen MR) is 73.7 cm³/mol. The molecule has 2 saturated heterocycles. The van der Waals surface area contributed by atoms with Crippen molar-refractivity contribution in [1.82, 2.24) is 15.0 Å². The quantitative estimate of drug-likeness (QED) is 0.876. The molecular weight excluding hydrogens is 266 g/mol. The molecule has 1 unspecified atom stereocenters. The third-order valence-electron chi connectivity index (χ3n) is 3.67. The molecule has 0 amide bonds. The molecule has 0 spiro atoms. The average Bonchev–Trinajstić information content (AvgIpc) is 2.86. The zero-order chi connectivity index (χ0) is 13.2. The van der Waals surface area contributed by atoms with Gasteiger partial charge in [0, 0.05) is 26.2 Å². The van der Waals surface area contributed by atoms with Gasteiger partial charge in [0.2, 0.25) is 17.2 Å². The highest BCUT2D eigenvalue weighted by molar-refractivity contribution is 6.28. The van der Waals surface area contributed by atoms with Gasteiger partial charge in [-0.3, -0.25) is 0 Å². The molecule has 2 aliphatic rings. The first kappa shape index (κ1) is 12.9.